The lowest BCUT2D eigenvalue weighted by Gasteiger charge is -2.29. The third kappa shape index (κ3) is 4.32. The van der Waals surface area contributed by atoms with Gasteiger partial charge in [-0.05, 0) is 25.5 Å². The van der Waals surface area contributed by atoms with Crippen LogP contribution in [-0.2, 0) is 19.1 Å². The zero-order valence-corrected chi connectivity index (χ0v) is 13.7. The molecule has 0 aliphatic carbocycles. The predicted octanol–water partition coefficient (Wildman–Crippen LogP) is 2.75. The molecule has 0 heterocycles. The molecular weight excluding hydrogens is 306 g/mol. The Morgan fingerprint density at radius 1 is 1.45 bits per heavy atom. The monoisotopic (exact) mass is 325 g/mol. The van der Waals surface area contributed by atoms with Crippen LogP contribution in [0.3, 0.4) is 0 Å². The second-order valence-corrected chi connectivity index (χ2v) is 5.08. The molecule has 5 nitrogen and oxygen atoms in total. The average molecular weight is 326 g/mol. The van der Waals surface area contributed by atoms with Crippen LogP contribution in [0.4, 0.5) is 5.69 Å². The molecule has 0 aliphatic heterocycles. The number of benzene rings is 1. The Hall–Kier alpha value is -1.85. The first-order chi connectivity index (χ1) is 10.4. The van der Waals surface area contributed by atoms with Gasteiger partial charge in [0.05, 0.1) is 24.4 Å². The fourth-order valence-corrected chi connectivity index (χ4v) is 2.35. The van der Waals surface area contributed by atoms with Gasteiger partial charge in [0.25, 0.3) is 5.91 Å². The van der Waals surface area contributed by atoms with Crippen LogP contribution in [0.25, 0.3) is 0 Å². The molecule has 0 fully saturated rings. The Kier molecular flexibility index (Phi) is 7.08. The van der Waals surface area contributed by atoms with Crippen LogP contribution >= 0.6 is 11.6 Å². The fraction of sp³-hybridized carbons (Fsp3) is 0.375. The summed E-state index contributed by atoms with van der Waals surface area (Å²) in [6, 6.07) is 4.44. The Bertz CT molecular complexity index is 539. The predicted molar refractivity (Wildman–Crippen MR) is 86.2 cm³/mol. The maximum Gasteiger partial charge on any atom is 0.328 e. The molecule has 22 heavy (non-hydrogen) atoms. The normalized spacial score (nSPS) is 11.6. The number of nitrogens with zero attached hydrogens (tertiary/aromatic N) is 1. The highest BCUT2D eigenvalue weighted by Crippen LogP contribution is 2.31. The maximum absolute atomic E-state index is 12.5. The van der Waals surface area contributed by atoms with Crippen LogP contribution in [0.2, 0.25) is 5.02 Å². The highest BCUT2D eigenvalue weighted by Gasteiger charge is 2.30. The van der Waals surface area contributed by atoms with Crippen molar-refractivity contribution in [1.82, 2.24) is 0 Å². The Morgan fingerprint density at radius 3 is 2.68 bits per heavy atom. The van der Waals surface area contributed by atoms with Crippen molar-refractivity contribution < 1.29 is 19.1 Å². The van der Waals surface area contributed by atoms with Gasteiger partial charge in [0.15, 0.2) is 0 Å². The number of anilines is 1. The number of amides is 1. The van der Waals surface area contributed by atoms with Crippen LogP contribution in [0.5, 0.6) is 0 Å². The van der Waals surface area contributed by atoms with E-state index in [4.69, 9.17) is 21.1 Å². The van der Waals surface area contributed by atoms with Gasteiger partial charge in [-0.25, -0.2) is 4.79 Å². The minimum absolute atomic E-state index is 0.183. The number of rotatable bonds is 7. The summed E-state index contributed by atoms with van der Waals surface area (Å²) in [5.41, 5.74) is 1.26. The van der Waals surface area contributed by atoms with Gasteiger partial charge in [-0.2, -0.15) is 0 Å². The number of methoxy groups -OCH3 is 1. The molecule has 0 saturated heterocycles. The molecule has 1 atom stereocenters. The number of carbonyl (C=O) groups excluding carboxylic acids is 2. The average Bonchev–Trinajstić information content (AvgIpc) is 2.49. The Labute approximate surface area is 135 Å². The van der Waals surface area contributed by atoms with E-state index in [9.17, 15) is 9.59 Å². The van der Waals surface area contributed by atoms with Crippen LogP contribution < -0.4 is 4.90 Å². The first-order valence-electron chi connectivity index (χ1n) is 6.77. The quantitative estimate of drug-likeness (QED) is 0.439. The molecule has 1 unspecified atom stereocenters. The first-order valence-corrected chi connectivity index (χ1v) is 7.15. The molecule has 1 amide bonds. The van der Waals surface area contributed by atoms with Crippen LogP contribution in [0, 0.1) is 6.92 Å². The summed E-state index contributed by atoms with van der Waals surface area (Å²) in [5.74, 6) is -0.910. The van der Waals surface area contributed by atoms with Crippen molar-refractivity contribution in [2.24, 2.45) is 0 Å². The van der Waals surface area contributed by atoms with Gasteiger partial charge in [0.1, 0.15) is 12.6 Å². The lowest BCUT2D eigenvalue weighted by Crippen LogP contribution is -2.46. The molecule has 0 saturated carbocycles. The van der Waals surface area contributed by atoms with E-state index in [0.29, 0.717) is 10.7 Å². The first kappa shape index (κ1) is 18.2. The van der Waals surface area contributed by atoms with Crippen molar-refractivity contribution in [1.29, 1.82) is 0 Å². The van der Waals surface area contributed by atoms with Crippen molar-refractivity contribution in [3.05, 3.63) is 41.4 Å². The number of para-hydroxylation sites is 1. The number of hydrogen-bond acceptors (Lipinski definition) is 4. The van der Waals surface area contributed by atoms with E-state index in [-0.39, 0.29) is 19.1 Å². The smallest absolute Gasteiger partial charge is 0.328 e. The standard InChI is InChI=1S/C16H20ClNO4/c1-5-9-22-10-14(19)18(12(3)16(20)21-4)15-11(2)7-6-8-13(15)17/h5-8,12H,1,9-10H2,2-4H3. The molecule has 0 aromatic heterocycles. The lowest BCUT2D eigenvalue weighted by molar-refractivity contribution is -0.143. The van der Waals surface area contributed by atoms with Crippen LogP contribution in [0.15, 0.2) is 30.9 Å². The zero-order valence-electron chi connectivity index (χ0n) is 13.0. The summed E-state index contributed by atoms with van der Waals surface area (Å²) in [7, 11) is 1.27. The molecule has 120 valence electrons. The molecule has 0 bridgehead atoms. The Morgan fingerprint density at radius 2 is 2.14 bits per heavy atom. The van der Waals surface area contributed by atoms with E-state index < -0.39 is 12.0 Å². The van der Waals surface area contributed by atoms with Gasteiger partial charge in [-0.15, -0.1) is 6.58 Å². The van der Waals surface area contributed by atoms with Crippen molar-refractivity contribution in [3.63, 3.8) is 0 Å². The fourth-order valence-electron chi connectivity index (χ4n) is 2.04. The van der Waals surface area contributed by atoms with Gasteiger partial charge in [0.2, 0.25) is 0 Å². The number of halogens is 1. The number of ether oxygens (including phenoxy) is 2. The maximum atomic E-state index is 12.5. The summed E-state index contributed by atoms with van der Waals surface area (Å²) < 4.78 is 9.92. The number of carbonyl (C=O) groups is 2. The van der Waals surface area contributed by atoms with Gasteiger partial charge >= 0.3 is 5.97 Å². The van der Waals surface area contributed by atoms with Gasteiger partial charge in [0, 0.05) is 0 Å². The molecule has 1 aromatic carbocycles. The second-order valence-electron chi connectivity index (χ2n) is 4.67. The molecule has 0 radical (unpaired) electrons. The minimum Gasteiger partial charge on any atom is -0.467 e. The van der Waals surface area contributed by atoms with Crippen molar-refractivity contribution in [2.75, 3.05) is 25.2 Å². The summed E-state index contributed by atoms with van der Waals surface area (Å²) >= 11 is 6.22. The van der Waals surface area contributed by atoms with Gasteiger partial charge in [-0.1, -0.05) is 29.8 Å². The van der Waals surface area contributed by atoms with E-state index in [0.717, 1.165) is 5.56 Å². The summed E-state index contributed by atoms with van der Waals surface area (Å²) in [6.45, 7) is 6.98. The summed E-state index contributed by atoms with van der Waals surface area (Å²) in [6.07, 6.45) is 1.54. The van der Waals surface area contributed by atoms with E-state index >= 15 is 0 Å². The number of esters is 1. The summed E-state index contributed by atoms with van der Waals surface area (Å²) in [4.78, 5) is 25.7. The van der Waals surface area contributed by atoms with Crippen molar-refractivity contribution in [2.45, 2.75) is 19.9 Å². The molecule has 0 aliphatic rings. The highest BCUT2D eigenvalue weighted by molar-refractivity contribution is 6.34. The van der Waals surface area contributed by atoms with Crippen molar-refractivity contribution in [3.8, 4) is 0 Å². The molecule has 1 aromatic rings. The highest BCUT2D eigenvalue weighted by atomic mass is 35.5. The third-order valence-electron chi connectivity index (χ3n) is 3.09. The second kappa shape index (κ2) is 8.56. The van der Waals surface area contributed by atoms with E-state index in [1.807, 2.05) is 13.0 Å². The van der Waals surface area contributed by atoms with E-state index in [1.54, 1.807) is 25.1 Å². The van der Waals surface area contributed by atoms with Gasteiger partial charge < -0.3 is 9.47 Å². The number of hydrogen-bond donors (Lipinski definition) is 0. The zero-order chi connectivity index (χ0) is 16.7. The Balaban J connectivity index is 3.19. The van der Waals surface area contributed by atoms with Crippen molar-refractivity contribution >= 4 is 29.2 Å². The molecule has 0 N–H and O–H groups in total. The number of aryl methyl sites for hydroxylation is 1. The van der Waals surface area contributed by atoms with Crippen LogP contribution in [-0.4, -0.2) is 38.2 Å². The topological polar surface area (TPSA) is 55.8 Å². The van der Waals surface area contributed by atoms with Gasteiger partial charge in [-0.3, -0.25) is 9.69 Å². The SMILES string of the molecule is C=CCOCC(=O)N(c1c(C)cccc1Cl)C(C)C(=O)OC. The largest absolute Gasteiger partial charge is 0.467 e. The van der Waals surface area contributed by atoms with E-state index in [1.165, 1.54) is 12.0 Å². The molecular formula is C16H20ClNO4. The minimum atomic E-state index is -0.816. The molecule has 0 spiro atoms. The summed E-state index contributed by atoms with van der Waals surface area (Å²) in [5, 5.41) is 0.382. The van der Waals surface area contributed by atoms with Crippen LogP contribution in [0.1, 0.15) is 12.5 Å². The molecule has 1 rings (SSSR count). The lowest BCUT2D eigenvalue weighted by atomic mass is 10.1. The third-order valence-corrected chi connectivity index (χ3v) is 3.39. The molecule has 6 heteroatoms. The van der Waals surface area contributed by atoms with E-state index in [2.05, 4.69) is 6.58 Å².